The maximum Gasteiger partial charge on any atom is 0.242 e. The fourth-order valence-electron chi connectivity index (χ4n) is 4.12. The average Bonchev–Trinajstić information content (AvgIpc) is 3.09. The standard InChI is InChI=1S/C22H28N6O2S/c1-14-10-15(12-22(2,3)27-14)25-21-23-9-8-19(26-21)18-13-24-20-11-16(6-7-17(18)20)31(29,30)28(4)5/h6-9,11,13,15,24,27H,1,10,12H2,2-5H3,(H,23,25,26). The first kappa shape index (κ1) is 21.3. The van der Waals surface area contributed by atoms with E-state index in [4.69, 9.17) is 4.98 Å². The second-order valence-electron chi connectivity index (χ2n) is 8.82. The van der Waals surface area contributed by atoms with Gasteiger partial charge in [0.2, 0.25) is 16.0 Å². The summed E-state index contributed by atoms with van der Waals surface area (Å²) in [6, 6.07) is 7.13. The molecule has 3 aromatic rings. The number of hydrogen-bond donors (Lipinski definition) is 3. The summed E-state index contributed by atoms with van der Waals surface area (Å²) < 4.78 is 26.1. The van der Waals surface area contributed by atoms with E-state index in [9.17, 15) is 8.42 Å². The van der Waals surface area contributed by atoms with Crippen LogP contribution in [0.4, 0.5) is 5.95 Å². The summed E-state index contributed by atoms with van der Waals surface area (Å²) in [5.74, 6) is 0.564. The second kappa shape index (κ2) is 7.65. The van der Waals surface area contributed by atoms with Crippen molar-refractivity contribution < 1.29 is 8.42 Å². The molecule has 3 heterocycles. The summed E-state index contributed by atoms with van der Waals surface area (Å²) in [6.07, 6.45) is 5.32. The minimum atomic E-state index is -3.50. The molecule has 0 spiro atoms. The van der Waals surface area contributed by atoms with Gasteiger partial charge in [0.05, 0.1) is 10.6 Å². The number of aromatic nitrogens is 3. The molecule has 0 amide bonds. The molecule has 1 fully saturated rings. The minimum Gasteiger partial charge on any atom is -0.384 e. The van der Waals surface area contributed by atoms with Crippen molar-refractivity contribution in [1.29, 1.82) is 0 Å². The third kappa shape index (κ3) is 4.28. The smallest absolute Gasteiger partial charge is 0.242 e. The highest BCUT2D eigenvalue weighted by molar-refractivity contribution is 7.89. The third-order valence-corrected chi connectivity index (χ3v) is 7.27. The fourth-order valence-corrected chi connectivity index (χ4v) is 5.05. The lowest BCUT2D eigenvalue weighted by molar-refractivity contribution is 0.324. The van der Waals surface area contributed by atoms with E-state index in [0.717, 1.165) is 40.7 Å². The van der Waals surface area contributed by atoms with Crippen molar-refractivity contribution in [3.63, 3.8) is 0 Å². The van der Waals surface area contributed by atoms with Gasteiger partial charge in [-0.1, -0.05) is 12.6 Å². The van der Waals surface area contributed by atoms with E-state index < -0.39 is 10.0 Å². The normalized spacial score (nSPS) is 18.9. The molecule has 0 bridgehead atoms. The first-order chi connectivity index (χ1) is 14.5. The minimum absolute atomic E-state index is 0.0357. The molecule has 164 valence electrons. The van der Waals surface area contributed by atoms with Crippen LogP contribution in [0.25, 0.3) is 22.2 Å². The van der Waals surface area contributed by atoms with Crippen molar-refractivity contribution in [1.82, 2.24) is 24.6 Å². The van der Waals surface area contributed by atoms with Crippen LogP contribution in [0.15, 0.2) is 53.8 Å². The van der Waals surface area contributed by atoms with E-state index >= 15 is 0 Å². The average molecular weight is 441 g/mol. The molecule has 1 aliphatic rings. The van der Waals surface area contributed by atoms with Gasteiger partial charge in [-0.05, 0) is 38.5 Å². The fraction of sp³-hybridized carbons (Fsp3) is 0.364. The maximum atomic E-state index is 12.4. The lowest BCUT2D eigenvalue weighted by Crippen LogP contribution is -2.48. The lowest BCUT2D eigenvalue weighted by atomic mass is 9.88. The molecule has 1 saturated heterocycles. The zero-order chi connectivity index (χ0) is 22.4. The second-order valence-corrected chi connectivity index (χ2v) is 11.0. The SMILES string of the molecule is C=C1CC(Nc2nccc(-c3c[nH]c4cc(S(=O)(=O)N(C)C)ccc34)n2)CC(C)(C)N1. The Morgan fingerprint density at radius 1 is 1.26 bits per heavy atom. The van der Waals surface area contributed by atoms with Gasteiger partial charge < -0.3 is 15.6 Å². The summed E-state index contributed by atoms with van der Waals surface area (Å²) in [4.78, 5) is 12.5. The van der Waals surface area contributed by atoms with E-state index in [1.54, 1.807) is 18.3 Å². The molecule has 2 aromatic heterocycles. The molecule has 0 saturated carbocycles. The van der Waals surface area contributed by atoms with Crippen LogP contribution in [0.5, 0.6) is 0 Å². The molecule has 0 radical (unpaired) electrons. The van der Waals surface area contributed by atoms with Crippen LogP contribution in [0, 0.1) is 0 Å². The number of nitrogens with zero attached hydrogens (tertiary/aromatic N) is 3. The number of benzene rings is 1. The number of piperidine rings is 1. The van der Waals surface area contributed by atoms with Crippen molar-refractivity contribution in [3.8, 4) is 11.3 Å². The van der Waals surface area contributed by atoms with Gasteiger partial charge in [0.15, 0.2) is 0 Å². The van der Waals surface area contributed by atoms with E-state index in [1.807, 2.05) is 18.3 Å². The number of anilines is 1. The zero-order valence-corrected chi connectivity index (χ0v) is 19.0. The molecule has 0 aliphatic carbocycles. The summed E-state index contributed by atoms with van der Waals surface area (Å²) in [5.41, 5.74) is 3.36. The van der Waals surface area contributed by atoms with Gasteiger partial charge in [0.25, 0.3) is 0 Å². The molecule has 9 heteroatoms. The Morgan fingerprint density at radius 3 is 2.74 bits per heavy atom. The van der Waals surface area contributed by atoms with Crippen molar-refractivity contribution in [3.05, 3.63) is 48.9 Å². The Kier molecular flexibility index (Phi) is 5.26. The van der Waals surface area contributed by atoms with Crippen LogP contribution in [-0.4, -0.2) is 53.4 Å². The largest absolute Gasteiger partial charge is 0.384 e. The van der Waals surface area contributed by atoms with E-state index in [-0.39, 0.29) is 16.5 Å². The van der Waals surface area contributed by atoms with Crippen molar-refractivity contribution in [2.45, 2.75) is 43.2 Å². The Morgan fingerprint density at radius 2 is 2.03 bits per heavy atom. The van der Waals surface area contributed by atoms with Crippen LogP contribution in [0.2, 0.25) is 0 Å². The molecular weight excluding hydrogens is 412 g/mol. The molecule has 8 nitrogen and oxygen atoms in total. The van der Waals surface area contributed by atoms with Gasteiger partial charge in [-0.15, -0.1) is 0 Å². The first-order valence-electron chi connectivity index (χ1n) is 10.1. The van der Waals surface area contributed by atoms with Gasteiger partial charge in [0.1, 0.15) is 0 Å². The number of aromatic amines is 1. The summed E-state index contributed by atoms with van der Waals surface area (Å²) in [5, 5.41) is 7.76. The van der Waals surface area contributed by atoms with Crippen LogP contribution in [0.1, 0.15) is 26.7 Å². The Hall–Kier alpha value is -2.91. The highest BCUT2D eigenvalue weighted by atomic mass is 32.2. The van der Waals surface area contributed by atoms with Gasteiger partial charge >= 0.3 is 0 Å². The third-order valence-electron chi connectivity index (χ3n) is 5.46. The monoisotopic (exact) mass is 440 g/mol. The number of rotatable bonds is 5. The van der Waals surface area contributed by atoms with E-state index in [2.05, 4.69) is 41.0 Å². The number of sulfonamides is 1. The number of H-pyrrole nitrogens is 1. The number of nitrogens with one attached hydrogen (secondary N) is 3. The van der Waals surface area contributed by atoms with Crippen LogP contribution in [-0.2, 0) is 10.0 Å². The van der Waals surface area contributed by atoms with Crippen LogP contribution < -0.4 is 10.6 Å². The predicted octanol–water partition coefficient (Wildman–Crippen LogP) is 3.33. The molecule has 3 N–H and O–H groups in total. The van der Waals surface area contributed by atoms with Crippen molar-refractivity contribution in [2.24, 2.45) is 0 Å². The first-order valence-corrected chi connectivity index (χ1v) is 11.6. The maximum absolute atomic E-state index is 12.4. The Balaban J connectivity index is 1.63. The molecule has 4 rings (SSSR count). The number of fused-ring (bicyclic) bond motifs is 1. The Labute approximate surface area is 182 Å². The lowest BCUT2D eigenvalue weighted by Gasteiger charge is -2.38. The zero-order valence-electron chi connectivity index (χ0n) is 18.2. The highest BCUT2D eigenvalue weighted by Gasteiger charge is 2.29. The quantitative estimate of drug-likeness (QED) is 0.562. The van der Waals surface area contributed by atoms with Crippen LogP contribution in [0.3, 0.4) is 0 Å². The van der Waals surface area contributed by atoms with Crippen molar-refractivity contribution in [2.75, 3.05) is 19.4 Å². The predicted molar refractivity (Wildman–Crippen MR) is 123 cm³/mol. The molecule has 1 aliphatic heterocycles. The van der Waals surface area contributed by atoms with Gasteiger partial charge in [-0.3, -0.25) is 0 Å². The molecule has 1 unspecified atom stereocenters. The topological polar surface area (TPSA) is 103 Å². The Bertz CT molecular complexity index is 1250. The molecule has 1 atom stereocenters. The number of hydrogen-bond acceptors (Lipinski definition) is 6. The van der Waals surface area contributed by atoms with Gasteiger partial charge in [-0.25, -0.2) is 22.7 Å². The van der Waals surface area contributed by atoms with E-state index in [0.29, 0.717) is 5.95 Å². The van der Waals surface area contributed by atoms with E-state index in [1.165, 1.54) is 18.4 Å². The summed E-state index contributed by atoms with van der Waals surface area (Å²) in [7, 11) is -0.452. The molecule has 31 heavy (non-hydrogen) atoms. The van der Waals surface area contributed by atoms with Gasteiger partial charge in [0, 0.05) is 66.7 Å². The highest BCUT2D eigenvalue weighted by Crippen LogP contribution is 2.30. The van der Waals surface area contributed by atoms with Gasteiger partial charge in [-0.2, -0.15) is 0 Å². The summed E-state index contributed by atoms with van der Waals surface area (Å²) >= 11 is 0. The molecular formula is C22H28N6O2S. The van der Waals surface area contributed by atoms with Crippen LogP contribution >= 0.6 is 0 Å². The van der Waals surface area contributed by atoms with Crippen molar-refractivity contribution >= 4 is 26.9 Å². The molecule has 1 aromatic carbocycles. The summed E-state index contributed by atoms with van der Waals surface area (Å²) in [6.45, 7) is 8.39.